The van der Waals surface area contributed by atoms with Crippen molar-refractivity contribution in [1.29, 1.82) is 0 Å². The van der Waals surface area contributed by atoms with E-state index in [9.17, 15) is 0 Å². The normalized spacial score (nSPS) is 11.8. The summed E-state index contributed by atoms with van der Waals surface area (Å²) >= 11 is 6.12. The predicted molar refractivity (Wildman–Crippen MR) is 121 cm³/mol. The third-order valence-electron chi connectivity index (χ3n) is 4.79. The van der Waals surface area contributed by atoms with Gasteiger partial charge >= 0.3 is 0 Å². The number of nitrogens with zero attached hydrogens (tertiary/aromatic N) is 1. The molecule has 3 rings (SSSR count). The quantitative estimate of drug-likeness (QED) is 0.323. The minimum atomic E-state index is -1.36. The fourth-order valence-corrected chi connectivity index (χ4v) is 6.37. The number of ether oxygens (including phenoxy) is 1. The molecule has 0 amide bonds. The summed E-state index contributed by atoms with van der Waals surface area (Å²) in [5, 5.41) is 0.446. The van der Waals surface area contributed by atoms with E-state index >= 15 is 0 Å². The first-order valence-corrected chi connectivity index (χ1v) is 11.5. The Morgan fingerprint density at radius 1 is 0.966 bits per heavy atom. The van der Waals surface area contributed by atoms with Gasteiger partial charge in [-0.3, -0.25) is 0 Å². The lowest BCUT2D eigenvalue weighted by molar-refractivity contribution is 0.277. The largest absolute Gasteiger partial charge is 0.495 e. The van der Waals surface area contributed by atoms with E-state index in [0.717, 1.165) is 5.56 Å². The van der Waals surface area contributed by atoms with Crippen molar-refractivity contribution in [3.63, 3.8) is 0 Å². The fourth-order valence-electron chi connectivity index (χ4n) is 3.43. The van der Waals surface area contributed by atoms with E-state index in [2.05, 4.69) is 86.4 Å². The molecule has 0 fully saturated rings. The average molecular weight is 425 g/mol. The summed E-state index contributed by atoms with van der Waals surface area (Å²) in [6.07, 6.45) is 1.65. The lowest BCUT2D eigenvalue weighted by Gasteiger charge is -2.35. The summed E-state index contributed by atoms with van der Waals surface area (Å²) in [5.41, 5.74) is 3.68. The number of hydrogen-bond donors (Lipinski definition) is 0. The van der Waals surface area contributed by atoms with Crippen LogP contribution in [-0.4, -0.2) is 21.1 Å². The van der Waals surface area contributed by atoms with Crippen molar-refractivity contribution in [3.05, 3.63) is 94.8 Å². The molecule has 0 spiro atoms. The van der Waals surface area contributed by atoms with Crippen LogP contribution in [-0.2, 0) is 11.0 Å². The molecule has 0 bridgehead atoms. The van der Waals surface area contributed by atoms with Gasteiger partial charge in [0, 0.05) is 11.1 Å². The Hall–Kier alpha value is -2.14. The monoisotopic (exact) mass is 424 g/mol. The van der Waals surface area contributed by atoms with Gasteiger partial charge in [0.05, 0.1) is 19.9 Å². The Morgan fingerprint density at radius 3 is 2.00 bits per heavy atom. The Balaban J connectivity index is 1.99. The molecule has 3 nitrogen and oxygen atoms in total. The maximum absolute atomic E-state index is 6.70. The molecule has 0 saturated heterocycles. The molecule has 0 aliphatic heterocycles. The zero-order valence-corrected chi connectivity index (χ0v) is 19.1. The van der Waals surface area contributed by atoms with Gasteiger partial charge in [-0.15, -0.1) is 0 Å². The summed E-state index contributed by atoms with van der Waals surface area (Å²) in [6.45, 7) is 7.22. The molecule has 3 aromatic rings. The molecule has 0 aliphatic carbocycles. The molecule has 5 heteroatoms. The van der Waals surface area contributed by atoms with Crippen molar-refractivity contribution in [2.24, 2.45) is 0 Å². The molecule has 0 unspecified atom stereocenters. The van der Waals surface area contributed by atoms with Crippen LogP contribution >= 0.6 is 11.6 Å². The molecule has 29 heavy (non-hydrogen) atoms. The molecule has 2 aromatic carbocycles. The molecule has 0 aliphatic rings. The molecule has 0 N–H and O–H groups in total. The summed E-state index contributed by atoms with van der Waals surface area (Å²) in [5.74, 6) is 0.695. The van der Waals surface area contributed by atoms with Crippen LogP contribution in [0.4, 0.5) is 0 Å². The van der Waals surface area contributed by atoms with Gasteiger partial charge in [0.1, 0.15) is 10.9 Å². The van der Waals surface area contributed by atoms with Gasteiger partial charge in [-0.1, -0.05) is 93.0 Å². The highest BCUT2D eigenvalue weighted by molar-refractivity contribution is 6.58. The van der Waals surface area contributed by atoms with Gasteiger partial charge in [0.15, 0.2) is 0 Å². The summed E-state index contributed by atoms with van der Waals surface area (Å²) in [7, 11) is 0.283. The zero-order chi connectivity index (χ0) is 20.9. The standard InChI is InChI=1S/C24H27ClNO2Si/c1-24(2,3)29(28-17-20-15-22(25)26-16-21(20)27-4)23(18-11-7-5-8-12-18)19-13-9-6-10-14-19/h5-16,23H,17H2,1-4H3. The van der Waals surface area contributed by atoms with Crippen LogP contribution < -0.4 is 4.74 Å². The van der Waals surface area contributed by atoms with E-state index in [-0.39, 0.29) is 10.6 Å². The van der Waals surface area contributed by atoms with Crippen molar-refractivity contribution in [2.45, 2.75) is 38.0 Å². The smallest absolute Gasteiger partial charge is 0.229 e. The molecule has 1 aromatic heterocycles. The van der Waals surface area contributed by atoms with Gasteiger partial charge in [-0.05, 0) is 22.2 Å². The average Bonchev–Trinajstić information content (AvgIpc) is 2.71. The first-order chi connectivity index (χ1) is 13.9. The molecule has 0 saturated carbocycles. The third-order valence-corrected chi connectivity index (χ3v) is 8.12. The van der Waals surface area contributed by atoms with E-state index < -0.39 is 9.04 Å². The van der Waals surface area contributed by atoms with E-state index in [1.807, 2.05) is 6.07 Å². The van der Waals surface area contributed by atoms with Crippen molar-refractivity contribution < 1.29 is 9.16 Å². The maximum Gasteiger partial charge on any atom is 0.229 e. The highest BCUT2D eigenvalue weighted by Crippen LogP contribution is 2.40. The number of methoxy groups -OCH3 is 1. The lowest BCUT2D eigenvalue weighted by Crippen LogP contribution is -2.37. The summed E-state index contributed by atoms with van der Waals surface area (Å²) in [6, 6.07) is 23.1. The second-order valence-electron chi connectivity index (χ2n) is 7.98. The molecule has 1 radical (unpaired) electrons. The summed E-state index contributed by atoms with van der Waals surface area (Å²) < 4.78 is 12.2. The van der Waals surface area contributed by atoms with Crippen molar-refractivity contribution in [2.75, 3.05) is 7.11 Å². The van der Waals surface area contributed by atoms with Crippen LogP contribution in [0.2, 0.25) is 10.2 Å². The SMILES string of the molecule is COc1cnc(Cl)cc1CO[Si](C(c1ccccc1)c1ccccc1)C(C)(C)C. The molecular weight excluding hydrogens is 398 g/mol. The Morgan fingerprint density at radius 2 is 1.52 bits per heavy atom. The van der Waals surface area contributed by atoms with Crippen LogP contribution in [0.5, 0.6) is 5.75 Å². The van der Waals surface area contributed by atoms with E-state index in [1.54, 1.807) is 13.3 Å². The van der Waals surface area contributed by atoms with Crippen LogP contribution in [0.15, 0.2) is 72.9 Å². The zero-order valence-electron chi connectivity index (χ0n) is 17.4. The molecular formula is C24H27ClNO2Si. The maximum atomic E-state index is 6.70. The first-order valence-electron chi connectivity index (χ1n) is 9.68. The van der Waals surface area contributed by atoms with Crippen LogP contribution in [0.3, 0.4) is 0 Å². The minimum absolute atomic E-state index is 0.00504. The van der Waals surface area contributed by atoms with Gasteiger partial charge < -0.3 is 9.16 Å². The van der Waals surface area contributed by atoms with Crippen LogP contribution in [0, 0.1) is 0 Å². The summed E-state index contributed by atoms with van der Waals surface area (Å²) in [4.78, 5) is 4.11. The fraction of sp³-hybridized carbons (Fsp3) is 0.292. The Kier molecular flexibility index (Phi) is 7.12. The van der Waals surface area contributed by atoms with Gasteiger partial charge in [-0.2, -0.15) is 0 Å². The topological polar surface area (TPSA) is 31.4 Å². The first kappa shape index (κ1) is 21.6. The van der Waals surface area contributed by atoms with Crippen molar-refractivity contribution >= 4 is 20.6 Å². The van der Waals surface area contributed by atoms with Crippen molar-refractivity contribution in [3.8, 4) is 5.75 Å². The lowest BCUT2D eigenvalue weighted by atomic mass is 10.0. The molecule has 1 heterocycles. The number of aromatic nitrogens is 1. The molecule has 0 atom stereocenters. The van der Waals surface area contributed by atoms with Gasteiger partial charge in [-0.25, -0.2) is 4.98 Å². The van der Waals surface area contributed by atoms with Gasteiger partial charge in [0.25, 0.3) is 0 Å². The van der Waals surface area contributed by atoms with Crippen LogP contribution in [0.25, 0.3) is 0 Å². The number of halogens is 1. The molecule has 151 valence electrons. The van der Waals surface area contributed by atoms with Gasteiger partial charge in [0.2, 0.25) is 9.04 Å². The van der Waals surface area contributed by atoms with E-state index in [1.165, 1.54) is 11.1 Å². The third kappa shape index (κ3) is 5.47. The second kappa shape index (κ2) is 9.57. The predicted octanol–water partition coefficient (Wildman–Crippen LogP) is 6.42. The number of hydrogen-bond acceptors (Lipinski definition) is 3. The number of benzene rings is 2. The number of pyridine rings is 1. The highest BCUT2D eigenvalue weighted by atomic mass is 35.5. The minimum Gasteiger partial charge on any atom is -0.495 e. The highest BCUT2D eigenvalue weighted by Gasteiger charge is 2.38. The van der Waals surface area contributed by atoms with E-state index in [0.29, 0.717) is 17.5 Å². The Bertz CT molecular complexity index is 874. The second-order valence-corrected chi connectivity index (χ2v) is 11.5. The Labute approximate surface area is 180 Å². The van der Waals surface area contributed by atoms with Crippen molar-refractivity contribution in [1.82, 2.24) is 4.98 Å². The number of rotatable bonds is 7. The van der Waals surface area contributed by atoms with E-state index in [4.69, 9.17) is 20.8 Å². The van der Waals surface area contributed by atoms with Crippen LogP contribution in [0.1, 0.15) is 43.0 Å².